The standard InChI is InChI=1S/C14H7BrF3NO/c15-12-5-2-6-13(11(12)8-19)20-10-4-1-3-9(7-10)14(16,17)18/h1-7H. The molecule has 0 aliphatic rings. The number of alkyl halides is 3. The summed E-state index contributed by atoms with van der Waals surface area (Å²) in [6, 6.07) is 11.2. The van der Waals surface area contributed by atoms with Crippen LogP contribution in [0.3, 0.4) is 0 Å². The summed E-state index contributed by atoms with van der Waals surface area (Å²) in [6.07, 6.45) is -4.44. The first-order chi connectivity index (χ1) is 9.41. The molecule has 0 aromatic heterocycles. The first-order valence-electron chi connectivity index (χ1n) is 5.45. The van der Waals surface area contributed by atoms with Gasteiger partial charge in [0.25, 0.3) is 0 Å². The minimum atomic E-state index is -4.44. The zero-order valence-corrected chi connectivity index (χ0v) is 11.5. The average molecular weight is 342 g/mol. The normalized spacial score (nSPS) is 10.9. The largest absolute Gasteiger partial charge is 0.456 e. The fourth-order valence-corrected chi connectivity index (χ4v) is 2.00. The topological polar surface area (TPSA) is 33.0 Å². The van der Waals surface area contributed by atoms with E-state index in [0.717, 1.165) is 12.1 Å². The van der Waals surface area contributed by atoms with Gasteiger partial charge in [-0.1, -0.05) is 12.1 Å². The summed E-state index contributed by atoms with van der Waals surface area (Å²) >= 11 is 3.18. The average Bonchev–Trinajstić information content (AvgIpc) is 2.38. The molecule has 0 fully saturated rings. The van der Waals surface area contributed by atoms with Crippen molar-refractivity contribution >= 4 is 15.9 Å². The van der Waals surface area contributed by atoms with Crippen LogP contribution < -0.4 is 4.74 Å². The maximum Gasteiger partial charge on any atom is 0.416 e. The van der Waals surface area contributed by atoms with E-state index in [9.17, 15) is 13.2 Å². The maximum atomic E-state index is 12.6. The van der Waals surface area contributed by atoms with Crippen molar-refractivity contribution in [3.63, 3.8) is 0 Å². The van der Waals surface area contributed by atoms with Crippen LogP contribution in [0.25, 0.3) is 0 Å². The van der Waals surface area contributed by atoms with Gasteiger partial charge >= 0.3 is 6.18 Å². The molecule has 2 aromatic rings. The number of rotatable bonds is 2. The third kappa shape index (κ3) is 3.11. The van der Waals surface area contributed by atoms with E-state index < -0.39 is 11.7 Å². The van der Waals surface area contributed by atoms with Gasteiger partial charge in [-0.15, -0.1) is 0 Å². The van der Waals surface area contributed by atoms with Crippen molar-refractivity contribution in [2.24, 2.45) is 0 Å². The molecule has 0 saturated carbocycles. The van der Waals surface area contributed by atoms with Crippen molar-refractivity contribution in [3.8, 4) is 17.6 Å². The lowest BCUT2D eigenvalue weighted by Crippen LogP contribution is -2.04. The van der Waals surface area contributed by atoms with E-state index in [0.29, 0.717) is 4.47 Å². The van der Waals surface area contributed by atoms with Crippen molar-refractivity contribution in [1.82, 2.24) is 0 Å². The second-order valence-electron chi connectivity index (χ2n) is 3.85. The summed E-state index contributed by atoms with van der Waals surface area (Å²) in [4.78, 5) is 0. The van der Waals surface area contributed by atoms with E-state index in [1.54, 1.807) is 12.1 Å². The molecule has 6 heteroatoms. The lowest BCUT2D eigenvalue weighted by Gasteiger charge is -2.11. The highest BCUT2D eigenvalue weighted by Gasteiger charge is 2.30. The molecule has 0 aliphatic carbocycles. The second-order valence-corrected chi connectivity index (χ2v) is 4.71. The van der Waals surface area contributed by atoms with Crippen molar-refractivity contribution in [3.05, 3.63) is 58.1 Å². The predicted molar refractivity (Wildman–Crippen MR) is 70.4 cm³/mol. The summed E-state index contributed by atoms with van der Waals surface area (Å²) in [7, 11) is 0. The number of hydrogen-bond donors (Lipinski definition) is 0. The molecule has 0 atom stereocenters. The van der Waals surface area contributed by atoms with Gasteiger partial charge in [-0.05, 0) is 46.3 Å². The molecule has 0 bridgehead atoms. The van der Waals surface area contributed by atoms with Crippen molar-refractivity contribution in [2.75, 3.05) is 0 Å². The van der Waals surface area contributed by atoms with E-state index in [1.165, 1.54) is 18.2 Å². The Bertz CT molecular complexity index is 677. The van der Waals surface area contributed by atoms with E-state index in [4.69, 9.17) is 10.00 Å². The zero-order valence-electron chi connectivity index (χ0n) is 9.91. The van der Waals surface area contributed by atoms with Gasteiger partial charge < -0.3 is 4.74 Å². The molecule has 0 radical (unpaired) electrons. The molecule has 0 aliphatic heterocycles. The number of hydrogen-bond acceptors (Lipinski definition) is 2. The van der Waals surface area contributed by atoms with E-state index in [2.05, 4.69) is 15.9 Å². The smallest absolute Gasteiger partial charge is 0.416 e. The van der Waals surface area contributed by atoms with Crippen LogP contribution in [0.2, 0.25) is 0 Å². The summed E-state index contributed by atoms with van der Waals surface area (Å²) in [5.74, 6) is 0.218. The quantitative estimate of drug-likeness (QED) is 0.758. The van der Waals surface area contributed by atoms with Gasteiger partial charge in [-0.3, -0.25) is 0 Å². The fraction of sp³-hybridized carbons (Fsp3) is 0.0714. The van der Waals surface area contributed by atoms with E-state index >= 15 is 0 Å². The van der Waals surface area contributed by atoms with E-state index in [-0.39, 0.29) is 17.1 Å². The minimum Gasteiger partial charge on any atom is -0.456 e. The van der Waals surface area contributed by atoms with Crippen molar-refractivity contribution in [1.29, 1.82) is 5.26 Å². The number of halogens is 4. The van der Waals surface area contributed by atoms with Crippen LogP contribution in [0.1, 0.15) is 11.1 Å². The predicted octanol–water partition coefficient (Wildman–Crippen LogP) is 5.13. The molecular formula is C14H7BrF3NO. The summed E-state index contributed by atoms with van der Waals surface area (Å²) in [6.45, 7) is 0. The van der Waals surface area contributed by atoms with Gasteiger partial charge in [-0.25, -0.2) is 0 Å². The van der Waals surface area contributed by atoms with Gasteiger partial charge in [0, 0.05) is 4.47 Å². The summed E-state index contributed by atoms with van der Waals surface area (Å²) in [5.41, 5.74) is -0.576. The molecule has 2 aromatic carbocycles. The first kappa shape index (κ1) is 14.4. The van der Waals surface area contributed by atoms with Gasteiger partial charge in [0.1, 0.15) is 23.1 Å². The Balaban J connectivity index is 2.37. The van der Waals surface area contributed by atoms with Crippen LogP contribution in [0.4, 0.5) is 13.2 Å². The van der Waals surface area contributed by atoms with Gasteiger partial charge in [0.05, 0.1) is 5.56 Å². The molecule has 0 spiro atoms. The molecule has 0 amide bonds. The third-order valence-electron chi connectivity index (χ3n) is 2.48. The van der Waals surface area contributed by atoms with Crippen LogP contribution in [-0.4, -0.2) is 0 Å². The lowest BCUT2D eigenvalue weighted by atomic mass is 10.2. The zero-order chi connectivity index (χ0) is 14.8. The van der Waals surface area contributed by atoms with Gasteiger partial charge in [0.15, 0.2) is 0 Å². The number of ether oxygens (including phenoxy) is 1. The maximum absolute atomic E-state index is 12.6. The van der Waals surface area contributed by atoms with Crippen LogP contribution in [-0.2, 0) is 6.18 Å². The molecule has 2 rings (SSSR count). The molecule has 0 heterocycles. The van der Waals surface area contributed by atoms with E-state index in [1.807, 2.05) is 6.07 Å². The fourth-order valence-electron chi connectivity index (χ4n) is 1.56. The van der Waals surface area contributed by atoms with Crippen molar-refractivity contribution in [2.45, 2.75) is 6.18 Å². The SMILES string of the molecule is N#Cc1c(Br)cccc1Oc1cccc(C(F)(F)F)c1. The molecule has 0 N–H and O–H groups in total. The lowest BCUT2D eigenvalue weighted by molar-refractivity contribution is -0.137. The van der Waals surface area contributed by atoms with Crippen LogP contribution in [0.15, 0.2) is 46.9 Å². The Kier molecular flexibility index (Phi) is 4.00. The Morgan fingerprint density at radius 1 is 1.10 bits per heavy atom. The number of nitriles is 1. The molecule has 2 nitrogen and oxygen atoms in total. The summed E-state index contributed by atoms with van der Waals surface area (Å²) in [5, 5.41) is 9.02. The van der Waals surface area contributed by atoms with Crippen molar-refractivity contribution < 1.29 is 17.9 Å². The Morgan fingerprint density at radius 2 is 1.80 bits per heavy atom. The Hall–Kier alpha value is -2.00. The highest BCUT2D eigenvalue weighted by molar-refractivity contribution is 9.10. The highest BCUT2D eigenvalue weighted by atomic mass is 79.9. The first-order valence-corrected chi connectivity index (χ1v) is 6.25. The molecular weight excluding hydrogens is 335 g/mol. The number of benzene rings is 2. The van der Waals surface area contributed by atoms with Crippen LogP contribution >= 0.6 is 15.9 Å². The highest BCUT2D eigenvalue weighted by Crippen LogP contribution is 2.34. The van der Waals surface area contributed by atoms with Gasteiger partial charge in [0.2, 0.25) is 0 Å². The minimum absolute atomic E-state index is 0.0226. The van der Waals surface area contributed by atoms with Crippen LogP contribution in [0, 0.1) is 11.3 Å². The monoisotopic (exact) mass is 341 g/mol. The van der Waals surface area contributed by atoms with Crippen LogP contribution in [0.5, 0.6) is 11.5 Å². The molecule has 102 valence electrons. The third-order valence-corrected chi connectivity index (χ3v) is 3.14. The molecule has 0 unspecified atom stereocenters. The Morgan fingerprint density at radius 3 is 2.45 bits per heavy atom. The molecule has 0 saturated heterocycles. The second kappa shape index (κ2) is 5.55. The number of nitrogens with zero attached hydrogens (tertiary/aromatic N) is 1. The summed E-state index contributed by atoms with van der Waals surface area (Å²) < 4.78 is 43.7. The Labute approximate surface area is 121 Å². The van der Waals surface area contributed by atoms with Gasteiger partial charge in [-0.2, -0.15) is 18.4 Å². The molecule has 20 heavy (non-hydrogen) atoms.